The predicted molar refractivity (Wildman–Crippen MR) is 79.8 cm³/mol. The molecule has 2 aromatic carbocycles. The van der Waals surface area contributed by atoms with Gasteiger partial charge >= 0.3 is 0 Å². The molecule has 0 aliphatic carbocycles. The Labute approximate surface area is 120 Å². The molecule has 2 nitrogen and oxygen atoms in total. The lowest BCUT2D eigenvalue weighted by atomic mass is 9.86. The summed E-state index contributed by atoms with van der Waals surface area (Å²) in [7, 11) is 0. The lowest BCUT2D eigenvalue weighted by Gasteiger charge is -2.38. The van der Waals surface area contributed by atoms with Gasteiger partial charge in [0.1, 0.15) is 11.4 Å². The third-order valence-electron chi connectivity index (χ3n) is 4.04. The molecule has 2 atom stereocenters. The van der Waals surface area contributed by atoms with Gasteiger partial charge in [0, 0.05) is 12.0 Å². The zero-order valence-electron chi connectivity index (χ0n) is 11.8. The summed E-state index contributed by atoms with van der Waals surface area (Å²) in [6.07, 6.45) is 2.09. The quantitative estimate of drug-likeness (QED) is 0.915. The highest BCUT2D eigenvalue weighted by molar-refractivity contribution is 5.37. The molecule has 0 radical (unpaired) electrons. The number of aliphatic hydroxyl groups is 1. The molecule has 1 aliphatic rings. The van der Waals surface area contributed by atoms with E-state index in [0.717, 1.165) is 24.2 Å². The molecule has 3 rings (SSSR count). The van der Waals surface area contributed by atoms with Gasteiger partial charge in [-0.05, 0) is 31.4 Å². The molecule has 1 unspecified atom stereocenters. The average Bonchev–Trinajstić information content (AvgIpc) is 2.46. The number of benzene rings is 2. The van der Waals surface area contributed by atoms with Crippen LogP contribution < -0.4 is 4.74 Å². The molecule has 0 saturated heterocycles. The van der Waals surface area contributed by atoms with Crippen molar-refractivity contribution >= 4 is 0 Å². The van der Waals surface area contributed by atoms with Gasteiger partial charge in [-0.2, -0.15) is 0 Å². The zero-order valence-corrected chi connectivity index (χ0v) is 11.8. The summed E-state index contributed by atoms with van der Waals surface area (Å²) in [4.78, 5) is 0. The Morgan fingerprint density at radius 3 is 2.60 bits per heavy atom. The van der Waals surface area contributed by atoms with Crippen LogP contribution in [0.15, 0.2) is 54.6 Å². The Balaban J connectivity index is 1.74. The van der Waals surface area contributed by atoms with Crippen molar-refractivity contribution in [1.29, 1.82) is 0 Å². The number of para-hydroxylation sites is 1. The molecular weight excluding hydrogens is 248 g/mol. The fraction of sp³-hybridized carbons (Fsp3) is 0.333. The minimum Gasteiger partial charge on any atom is -0.487 e. The molecule has 2 heteroatoms. The van der Waals surface area contributed by atoms with E-state index in [-0.39, 0.29) is 5.60 Å². The first kappa shape index (κ1) is 13.2. The van der Waals surface area contributed by atoms with Crippen molar-refractivity contribution in [3.63, 3.8) is 0 Å². The maximum absolute atomic E-state index is 10.3. The third-order valence-corrected chi connectivity index (χ3v) is 4.04. The minimum atomic E-state index is -0.430. The van der Waals surface area contributed by atoms with Crippen LogP contribution in [0.4, 0.5) is 0 Å². The second-order valence-electron chi connectivity index (χ2n) is 5.80. The van der Waals surface area contributed by atoms with Gasteiger partial charge in [-0.1, -0.05) is 48.5 Å². The summed E-state index contributed by atoms with van der Waals surface area (Å²) < 4.78 is 6.15. The molecule has 0 fully saturated rings. The maximum Gasteiger partial charge on any atom is 0.125 e. The molecule has 0 bridgehead atoms. The zero-order chi connectivity index (χ0) is 14.0. The molecule has 104 valence electrons. The van der Waals surface area contributed by atoms with E-state index in [9.17, 15) is 5.11 Å². The van der Waals surface area contributed by atoms with Crippen molar-refractivity contribution in [2.75, 3.05) is 0 Å². The van der Waals surface area contributed by atoms with Crippen molar-refractivity contribution < 1.29 is 9.84 Å². The fourth-order valence-electron chi connectivity index (χ4n) is 2.88. The van der Waals surface area contributed by atoms with Crippen LogP contribution in [0.5, 0.6) is 5.75 Å². The van der Waals surface area contributed by atoms with Crippen LogP contribution in [0.25, 0.3) is 0 Å². The molecule has 2 aromatic rings. The number of fused-ring (bicyclic) bond motifs is 1. The highest BCUT2D eigenvalue weighted by atomic mass is 16.5. The van der Waals surface area contributed by atoms with Crippen LogP contribution in [0.2, 0.25) is 0 Å². The van der Waals surface area contributed by atoms with Crippen LogP contribution >= 0.6 is 0 Å². The Kier molecular flexibility index (Phi) is 3.49. The van der Waals surface area contributed by atoms with Gasteiger partial charge in [0.25, 0.3) is 0 Å². The van der Waals surface area contributed by atoms with Gasteiger partial charge in [-0.15, -0.1) is 0 Å². The Hall–Kier alpha value is -1.80. The van der Waals surface area contributed by atoms with E-state index in [0.29, 0.717) is 6.42 Å². The van der Waals surface area contributed by atoms with Crippen LogP contribution in [-0.4, -0.2) is 10.7 Å². The SMILES string of the molecule is CC1(CCc2ccccc2)C[C@@H](O)c2ccccc2O1. The lowest BCUT2D eigenvalue weighted by Crippen LogP contribution is -2.38. The summed E-state index contributed by atoms with van der Waals surface area (Å²) in [5.74, 6) is 0.821. The van der Waals surface area contributed by atoms with Crippen molar-refractivity contribution in [3.8, 4) is 5.75 Å². The monoisotopic (exact) mass is 268 g/mol. The lowest BCUT2D eigenvalue weighted by molar-refractivity contribution is -0.00670. The summed E-state index contributed by atoms with van der Waals surface area (Å²) >= 11 is 0. The molecular formula is C18H20O2. The Bertz CT molecular complexity index is 579. The molecule has 1 N–H and O–H groups in total. The van der Waals surface area contributed by atoms with Crippen LogP contribution in [0.3, 0.4) is 0 Å². The predicted octanol–water partition coefficient (Wildman–Crippen LogP) is 3.89. The van der Waals surface area contributed by atoms with E-state index < -0.39 is 6.10 Å². The number of aliphatic hydroxyl groups excluding tert-OH is 1. The van der Waals surface area contributed by atoms with Crippen molar-refractivity contribution in [1.82, 2.24) is 0 Å². The minimum absolute atomic E-state index is 0.302. The molecule has 0 spiro atoms. The van der Waals surface area contributed by atoms with E-state index in [4.69, 9.17) is 4.74 Å². The van der Waals surface area contributed by atoms with Crippen LogP contribution in [0, 0.1) is 0 Å². The van der Waals surface area contributed by atoms with Gasteiger partial charge in [-0.3, -0.25) is 0 Å². The van der Waals surface area contributed by atoms with Gasteiger partial charge < -0.3 is 9.84 Å². The summed E-state index contributed by atoms with van der Waals surface area (Å²) in [6, 6.07) is 18.2. The standard InChI is InChI=1S/C18H20O2/c1-18(12-11-14-7-3-2-4-8-14)13-16(19)15-9-5-6-10-17(15)20-18/h2-10,16,19H,11-13H2,1H3/t16-,18?/m1/s1. The second-order valence-corrected chi connectivity index (χ2v) is 5.80. The molecule has 0 aromatic heterocycles. The van der Waals surface area contributed by atoms with Crippen LogP contribution in [0.1, 0.15) is 37.0 Å². The van der Waals surface area contributed by atoms with E-state index in [1.54, 1.807) is 0 Å². The average molecular weight is 268 g/mol. The number of ether oxygens (including phenoxy) is 1. The van der Waals surface area contributed by atoms with Crippen LogP contribution in [-0.2, 0) is 6.42 Å². The normalized spacial score (nSPS) is 24.8. The topological polar surface area (TPSA) is 29.5 Å². The summed E-state index contributed by atoms with van der Waals surface area (Å²) in [5.41, 5.74) is 1.92. The van der Waals surface area contributed by atoms with Gasteiger partial charge in [0.15, 0.2) is 0 Å². The van der Waals surface area contributed by atoms with E-state index in [1.807, 2.05) is 30.3 Å². The third kappa shape index (κ3) is 2.70. The number of hydrogen-bond acceptors (Lipinski definition) is 2. The molecule has 0 saturated carbocycles. The van der Waals surface area contributed by atoms with Crippen molar-refractivity contribution in [2.24, 2.45) is 0 Å². The number of rotatable bonds is 3. The highest BCUT2D eigenvalue weighted by Gasteiger charge is 2.35. The first-order chi connectivity index (χ1) is 9.66. The summed E-state index contributed by atoms with van der Waals surface area (Å²) in [5, 5.41) is 10.3. The fourth-order valence-corrected chi connectivity index (χ4v) is 2.88. The summed E-state index contributed by atoms with van der Waals surface area (Å²) in [6.45, 7) is 2.09. The van der Waals surface area contributed by atoms with E-state index >= 15 is 0 Å². The Morgan fingerprint density at radius 1 is 1.10 bits per heavy atom. The second kappa shape index (κ2) is 5.29. The van der Waals surface area contributed by atoms with E-state index in [2.05, 4.69) is 31.2 Å². The van der Waals surface area contributed by atoms with Gasteiger partial charge in [0.2, 0.25) is 0 Å². The molecule has 0 amide bonds. The highest BCUT2D eigenvalue weighted by Crippen LogP contribution is 2.41. The number of aryl methyl sites for hydroxylation is 1. The van der Waals surface area contributed by atoms with Crippen molar-refractivity contribution in [2.45, 2.75) is 37.9 Å². The smallest absolute Gasteiger partial charge is 0.125 e. The first-order valence-corrected chi connectivity index (χ1v) is 7.16. The largest absolute Gasteiger partial charge is 0.487 e. The number of hydrogen-bond donors (Lipinski definition) is 1. The molecule has 20 heavy (non-hydrogen) atoms. The molecule has 1 heterocycles. The maximum atomic E-state index is 10.3. The van der Waals surface area contributed by atoms with Gasteiger partial charge in [-0.25, -0.2) is 0 Å². The molecule has 1 aliphatic heterocycles. The van der Waals surface area contributed by atoms with Gasteiger partial charge in [0.05, 0.1) is 6.10 Å². The van der Waals surface area contributed by atoms with E-state index in [1.165, 1.54) is 5.56 Å². The first-order valence-electron chi connectivity index (χ1n) is 7.16. The van der Waals surface area contributed by atoms with Crippen molar-refractivity contribution in [3.05, 3.63) is 65.7 Å². The Morgan fingerprint density at radius 2 is 1.80 bits per heavy atom.